The molecule has 7 heteroatoms. The normalized spacial score (nSPS) is 10.7. The third kappa shape index (κ3) is 4.70. The lowest BCUT2D eigenvalue weighted by Gasteiger charge is -2.09. The summed E-state index contributed by atoms with van der Waals surface area (Å²) in [6, 6.07) is 18.6. The molecule has 6 N–H and O–H groups in total. The maximum Gasteiger partial charge on any atom is 0.0765 e. The highest BCUT2D eigenvalue weighted by atomic mass is 35.5. The van der Waals surface area contributed by atoms with Crippen LogP contribution in [0.25, 0.3) is 21.8 Å². The van der Waals surface area contributed by atoms with Crippen molar-refractivity contribution in [1.82, 2.24) is 4.57 Å². The van der Waals surface area contributed by atoms with E-state index in [9.17, 15) is 0 Å². The van der Waals surface area contributed by atoms with E-state index in [1.807, 2.05) is 31.2 Å². The molecular weight excluding hydrogens is 417 g/mol. The highest BCUT2D eigenvalue weighted by Gasteiger charge is 2.11. The summed E-state index contributed by atoms with van der Waals surface area (Å²) in [7, 11) is 0. The van der Waals surface area contributed by atoms with Gasteiger partial charge in [-0.3, -0.25) is 5.41 Å². The molecule has 1 aromatic heterocycles. The molecule has 0 saturated heterocycles. The Hall–Kier alpha value is -2.73. The fourth-order valence-corrected chi connectivity index (χ4v) is 3.87. The maximum absolute atomic E-state index is 6.25. The zero-order valence-electron chi connectivity index (χ0n) is 16.8. The summed E-state index contributed by atoms with van der Waals surface area (Å²) in [6.45, 7) is 4.13. The molecule has 156 valence electrons. The van der Waals surface area contributed by atoms with Gasteiger partial charge in [-0.1, -0.05) is 35.3 Å². The molecule has 0 radical (unpaired) electrons. The van der Waals surface area contributed by atoms with Crippen molar-refractivity contribution >= 4 is 57.0 Å². The van der Waals surface area contributed by atoms with E-state index in [1.165, 1.54) is 16.5 Å². The van der Waals surface area contributed by atoms with Gasteiger partial charge in [-0.2, -0.15) is 0 Å². The summed E-state index contributed by atoms with van der Waals surface area (Å²) >= 11 is 12.4. The summed E-state index contributed by atoms with van der Waals surface area (Å²) in [6.07, 6.45) is 0.750. The minimum atomic E-state index is 0.595. The van der Waals surface area contributed by atoms with Crippen molar-refractivity contribution in [3.8, 4) is 0 Å². The van der Waals surface area contributed by atoms with E-state index in [-0.39, 0.29) is 0 Å². The zero-order chi connectivity index (χ0) is 21.7. The average molecular weight is 442 g/mol. The lowest BCUT2D eigenvalue weighted by atomic mass is 10.1. The van der Waals surface area contributed by atoms with E-state index in [2.05, 4.69) is 45.9 Å². The van der Waals surface area contributed by atoms with Crippen LogP contribution in [0.3, 0.4) is 0 Å². The number of hydrogen-bond donors (Lipinski definition) is 4. The summed E-state index contributed by atoms with van der Waals surface area (Å²) in [5, 5.41) is 13.2. The maximum atomic E-state index is 6.25. The molecule has 30 heavy (non-hydrogen) atoms. The van der Waals surface area contributed by atoms with Gasteiger partial charge in [0, 0.05) is 57.2 Å². The first kappa shape index (κ1) is 22.0. The van der Waals surface area contributed by atoms with Crippen molar-refractivity contribution in [2.45, 2.75) is 20.0 Å². The highest BCUT2D eigenvalue weighted by molar-refractivity contribution is 6.32. The molecule has 5 nitrogen and oxygen atoms in total. The second-order valence-electron chi connectivity index (χ2n) is 6.94. The number of aryl methyl sites for hydroxylation is 1. The van der Waals surface area contributed by atoms with Gasteiger partial charge < -0.3 is 21.4 Å². The van der Waals surface area contributed by atoms with Crippen LogP contribution in [0.4, 0.5) is 5.69 Å². The number of nitrogens with two attached hydrogens (primary N) is 2. The first-order valence-electron chi connectivity index (χ1n) is 9.59. The SMILES string of the molecule is Cc1cc(CNc2ccc3c(c2)c2cc(Cl)ccc2n3CCN)ccc1Cl.N=CN. The molecular formula is C23H25Cl2N5. The number of fused-ring (bicyclic) bond motifs is 3. The summed E-state index contributed by atoms with van der Waals surface area (Å²) in [4.78, 5) is 0. The number of halogens is 2. The van der Waals surface area contributed by atoms with E-state index < -0.39 is 0 Å². The topological polar surface area (TPSA) is 92.9 Å². The molecule has 4 aromatic rings. The van der Waals surface area contributed by atoms with Crippen LogP contribution >= 0.6 is 23.2 Å². The Bertz CT molecular complexity index is 1180. The fraction of sp³-hybridized carbons (Fsp3) is 0.174. The molecule has 4 rings (SSSR count). The summed E-state index contributed by atoms with van der Waals surface area (Å²) < 4.78 is 2.26. The van der Waals surface area contributed by atoms with E-state index >= 15 is 0 Å². The molecule has 0 saturated carbocycles. The van der Waals surface area contributed by atoms with Gasteiger partial charge in [-0.25, -0.2) is 0 Å². The first-order valence-corrected chi connectivity index (χ1v) is 10.3. The van der Waals surface area contributed by atoms with Gasteiger partial charge in [0.2, 0.25) is 0 Å². The van der Waals surface area contributed by atoms with E-state index in [1.54, 1.807) is 0 Å². The molecule has 0 spiro atoms. The van der Waals surface area contributed by atoms with Gasteiger partial charge in [0.15, 0.2) is 0 Å². The Morgan fingerprint density at radius 3 is 2.33 bits per heavy atom. The van der Waals surface area contributed by atoms with Gasteiger partial charge in [-0.15, -0.1) is 0 Å². The Labute approximate surface area is 186 Å². The monoisotopic (exact) mass is 441 g/mol. The Morgan fingerprint density at radius 2 is 1.67 bits per heavy atom. The number of anilines is 1. The molecule has 0 atom stereocenters. The second-order valence-corrected chi connectivity index (χ2v) is 7.78. The fourth-order valence-electron chi connectivity index (χ4n) is 3.58. The minimum absolute atomic E-state index is 0.595. The van der Waals surface area contributed by atoms with Crippen molar-refractivity contribution in [2.75, 3.05) is 11.9 Å². The second kappa shape index (κ2) is 9.85. The van der Waals surface area contributed by atoms with Crippen molar-refractivity contribution in [1.29, 1.82) is 5.41 Å². The average Bonchev–Trinajstić information content (AvgIpc) is 3.02. The van der Waals surface area contributed by atoms with Crippen LogP contribution < -0.4 is 16.8 Å². The first-order chi connectivity index (χ1) is 14.5. The van der Waals surface area contributed by atoms with Crippen LogP contribution in [0, 0.1) is 12.3 Å². The van der Waals surface area contributed by atoms with Crippen LogP contribution in [-0.2, 0) is 13.1 Å². The predicted octanol–water partition coefficient (Wildman–Crippen LogP) is 5.53. The van der Waals surface area contributed by atoms with Crippen LogP contribution in [0.5, 0.6) is 0 Å². The molecule has 0 aliphatic carbocycles. The molecule has 0 aliphatic rings. The molecule has 1 heterocycles. The standard InChI is InChI=1S/C22H21Cl2N3.CH4N2/c1-14-10-15(2-5-20(14)24)13-26-17-4-7-22-19(12-17)18-11-16(23)3-6-21(18)27(22)9-8-25;2-1-3/h2-7,10-12,26H,8-9,13,25H2,1H3;1H,(H3,2,3). The summed E-state index contributed by atoms with van der Waals surface area (Å²) in [5.74, 6) is 0. The molecule has 0 fully saturated rings. The lowest BCUT2D eigenvalue weighted by Crippen LogP contribution is -2.09. The van der Waals surface area contributed by atoms with Crippen LogP contribution in [0.15, 0.2) is 54.6 Å². The van der Waals surface area contributed by atoms with Gasteiger partial charge in [-0.05, 0) is 60.5 Å². The Balaban J connectivity index is 0.000000806. The number of hydrogen-bond acceptors (Lipinski definition) is 3. The summed E-state index contributed by atoms with van der Waals surface area (Å²) in [5.41, 5.74) is 15.9. The third-order valence-corrected chi connectivity index (χ3v) is 5.56. The molecule has 0 aliphatic heterocycles. The predicted molar refractivity (Wildman–Crippen MR) is 130 cm³/mol. The van der Waals surface area contributed by atoms with Gasteiger partial charge in [0.05, 0.1) is 6.34 Å². The van der Waals surface area contributed by atoms with Gasteiger partial charge in [0.1, 0.15) is 0 Å². The number of rotatable bonds is 5. The van der Waals surface area contributed by atoms with E-state index in [0.717, 1.165) is 51.6 Å². The third-order valence-electron chi connectivity index (χ3n) is 4.90. The van der Waals surface area contributed by atoms with E-state index in [4.69, 9.17) is 34.3 Å². The molecule has 3 aromatic carbocycles. The van der Waals surface area contributed by atoms with Crippen LogP contribution in [0.1, 0.15) is 11.1 Å². The highest BCUT2D eigenvalue weighted by Crippen LogP contribution is 2.33. The zero-order valence-corrected chi connectivity index (χ0v) is 18.3. The largest absolute Gasteiger partial charge is 0.390 e. The van der Waals surface area contributed by atoms with Crippen molar-refractivity contribution in [2.24, 2.45) is 11.5 Å². The van der Waals surface area contributed by atoms with Crippen molar-refractivity contribution < 1.29 is 0 Å². The lowest BCUT2D eigenvalue weighted by molar-refractivity contribution is 0.758. The molecule has 0 bridgehead atoms. The molecule has 0 amide bonds. The Morgan fingerprint density at radius 1 is 1.00 bits per heavy atom. The Kier molecular flexibility index (Phi) is 7.21. The van der Waals surface area contributed by atoms with Crippen molar-refractivity contribution in [3.05, 3.63) is 75.8 Å². The molecule has 0 unspecified atom stereocenters. The van der Waals surface area contributed by atoms with Crippen molar-refractivity contribution in [3.63, 3.8) is 0 Å². The number of benzene rings is 3. The number of nitrogens with one attached hydrogen (secondary N) is 2. The van der Waals surface area contributed by atoms with Crippen LogP contribution in [0.2, 0.25) is 10.0 Å². The van der Waals surface area contributed by atoms with E-state index in [0.29, 0.717) is 6.54 Å². The van der Waals surface area contributed by atoms with Gasteiger partial charge >= 0.3 is 0 Å². The minimum Gasteiger partial charge on any atom is -0.390 e. The number of aromatic nitrogens is 1. The van der Waals surface area contributed by atoms with Gasteiger partial charge in [0.25, 0.3) is 0 Å². The number of nitrogens with zero attached hydrogens (tertiary/aromatic N) is 1. The quantitative estimate of drug-likeness (QED) is 0.242. The smallest absolute Gasteiger partial charge is 0.0765 e. The van der Waals surface area contributed by atoms with Crippen LogP contribution in [-0.4, -0.2) is 17.5 Å².